The first-order chi connectivity index (χ1) is 6.81. The van der Waals surface area contributed by atoms with Crippen LogP contribution in [0.15, 0.2) is 0 Å². The molecule has 92 valence electrons. The van der Waals surface area contributed by atoms with Gasteiger partial charge in [0.05, 0.1) is 0 Å². The van der Waals surface area contributed by atoms with Crippen molar-refractivity contribution in [2.24, 2.45) is 5.41 Å². The van der Waals surface area contributed by atoms with Crippen LogP contribution in [0.1, 0.15) is 47.0 Å². The van der Waals surface area contributed by atoms with Gasteiger partial charge in [0.15, 0.2) is 0 Å². The Morgan fingerprint density at radius 2 is 1.73 bits per heavy atom. The molecule has 0 radical (unpaired) electrons. The molecule has 2 atom stereocenters. The number of thioether (sulfide) groups is 1. The maximum absolute atomic E-state index is 2.42. The third-order valence-electron chi connectivity index (χ3n) is 3.49. The highest BCUT2D eigenvalue weighted by Gasteiger charge is 2.33. The van der Waals surface area contributed by atoms with Gasteiger partial charge in [-0.15, -0.1) is 0 Å². The first-order valence-electron chi connectivity index (χ1n) is 5.73. The molecule has 0 fully saturated rings. The van der Waals surface area contributed by atoms with Crippen LogP contribution in [-0.2, 0) is 0 Å². The van der Waals surface area contributed by atoms with E-state index in [9.17, 15) is 0 Å². The van der Waals surface area contributed by atoms with Gasteiger partial charge >= 0.3 is 0 Å². The van der Waals surface area contributed by atoms with E-state index in [1.54, 1.807) is 0 Å². The van der Waals surface area contributed by atoms with Crippen LogP contribution in [-0.4, -0.2) is 27.7 Å². The highest BCUT2D eigenvalue weighted by Crippen LogP contribution is 2.41. The highest BCUT2D eigenvalue weighted by molar-refractivity contribution is 14.1. The topological polar surface area (TPSA) is 3.24 Å². The van der Waals surface area contributed by atoms with Gasteiger partial charge in [0.2, 0.25) is 0 Å². The molecule has 0 aliphatic carbocycles. The molecule has 2 unspecified atom stereocenters. The fourth-order valence-electron chi connectivity index (χ4n) is 2.06. The van der Waals surface area contributed by atoms with E-state index >= 15 is 0 Å². The lowest BCUT2D eigenvalue weighted by molar-refractivity contribution is 0.219. The fourth-order valence-corrected chi connectivity index (χ4v) is 3.67. The minimum Gasteiger partial charge on any atom is -0.250 e. The first kappa shape index (κ1) is 16.0. The normalized spacial score (nSPS) is 20.0. The van der Waals surface area contributed by atoms with E-state index in [2.05, 4.69) is 67.0 Å². The van der Waals surface area contributed by atoms with E-state index in [0.29, 0.717) is 10.2 Å². The van der Waals surface area contributed by atoms with Crippen LogP contribution in [0.4, 0.5) is 0 Å². The minimum absolute atomic E-state index is 0.442. The summed E-state index contributed by atoms with van der Waals surface area (Å²) in [5, 5.41) is 0. The zero-order chi connectivity index (χ0) is 12.1. The lowest BCUT2D eigenvalue weighted by Gasteiger charge is -2.39. The quantitative estimate of drug-likeness (QED) is 0.491. The van der Waals surface area contributed by atoms with Gasteiger partial charge in [-0.1, -0.05) is 27.7 Å². The predicted octanol–water partition coefficient (Wildman–Crippen LogP) is 4.61. The van der Waals surface area contributed by atoms with Crippen LogP contribution < -0.4 is 0 Å². The third-order valence-corrected chi connectivity index (χ3v) is 5.25. The Kier molecular flexibility index (Phi) is 7.16. The molecule has 3 heteroatoms. The predicted molar refractivity (Wildman–Crippen MR) is 81.9 cm³/mol. The van der Waals surface area contributed by atoms with Gasteiger partial charge in [-0.3, -0.25) is 3.11 Å². The first-order valence-corrected chi connectivity index (χ1v) is 7.92. The second kappa shape index (κ2) is 6.70. The van der Waals surface area contributed by atoms with E-state index in [1.165, 1.54) is 25.8 Å². The third kappa shape index (κ3) is 5.78. The Morgan fingerprint density at radius 1 is 1.20 bits per heavy atom. The molecule has 0 spiro atoms. The Hall–Kier alpha value is 1.04. The van der Waals surface area contributed by atoms with Crippen LogP contribution in [0.2, 0.25) is 0 Å². The summed E-state index contributed by atoms with van der Waals surface area (Å²) >= 11 is 4.41. The van der Waals surface area contributed by atoms with Gasteiger partial charge in [-0.25, -0.2) is 0 Å². The molecule has 0 saturated heterocycles. The lowest BCUT2D eigenvalue weighted by atomic mass is 9.78. The van der Waals surface area contributed by atoms with Crippen molar-refractivity contribution in [3.8, 4) is 0 Å². The monoisotopic (exact) mass is 343 g/mol. The molecule has 1 nitrogen and oxygen atoms in total. The molecule has 0 saturated carbocycles. The standard InChI is InChI=1S/C12H26INS/c1-7-11(3,10-14(5)13)9-12(4,8-2)15-6/h7-10H2,1-6H3. The molecular formula is C12H26INS. The van der Waals surface area contributed by atoms with Gasteiger partial charge in [-0.2, -0.15) is 11.8 Å². The maximum Gasteiger partial charge on any atom is 0.0198 e. The summed E-state index contributed by atoms with van der Waals surface area (Å²) in [5.74, 6) is 0. The van der Waals surface area contributed by atoms with Crippen LogP contribution >= 0.6 is 34.6 Å². The Bertz CT molecular complexity index is 180. The van der Waals surface area contributed by atoms with Crippen molar-refractivity contribution in [3.05, 3.63) is 0 Å². The number of hydrogen-bond acceptors (Lipinski definition) is 2. The summed E-state index contributed by atoms with van der Waals surface area (Å²) in [6.45, 7) is 10.6. The van der Waals surface area contributed by atoms with Crippen molar-refractivity contribution >= 4 is 34.6 Å². The average molecular weight is 343 g/mol. The zero-order valence-electron chi connectivity index (χ0n) is 11.1. The Labute approximate surface area is 114 Å². The summed E-state index contributed by atoms with van der Waals surface area (Å²) in [6, 6.07) is 0. The van der Waals surface area contributed by atoms with Crippen molar-refractivity contribution < 1.29 is 0 Å². The molecule has 0 heterocycles. The molecule has 0 aromatic heterocycles. The van der Waals surface area contributed by atoms with Crippen LogP contribution in [0.25, 0.3) is 0 Å². The van der Waals surface area contributed by atoms with E-state index < -0.39 is 0 Å². The van der Waals surface area contributed by atoms with Crippen LogP contribution in [0.5, 0.6) is 0 Å². The fraction of sp³-hybridized carbons (Fsp3) is 1.00. The summed E-state index contributed by atoms with van der Waals surface area (Å²) in [5.41, 5.74) is 0.448. The number of nitrogens with zero attached hydrogens (tertiary/aromatic N) is 1. The van der Waals surface area contributed by atoms with Crippen molar-refractivity contribution in [1.29, 1.82) is 0 Å². The molecule has 0 bridgehead atoms. The van der Waals surface area contributed by atoms with E-state index in [-0.39, 0.29) is 0 Å². The second-order valence-electron chi connectivity index (χ2n) is 5.11. The second-order valence-corrected chi connectivity index (χ2v) is 8.15. The zero-order valence-corrected chi connectivity index (χ0v) is 14.0. The van der Waals surface area contributed by atoms with Gasteiger partial charge in [-0.05, 0) is 38.0 Å². The maximum atomic E-state index is 2.42. The summed E-state index contributed by atoms with van der Waals surface area (Å²) < 4.78 is 2.73. The Balaban J connectivity index is 4.54. The van der Waals surface area contributed by atoms with E-state index in [0.717, 1.165) is 0 Å². The van der Waals surface area contributed by atoms with Gasteiger partial charge in [0.25, 0.3) is 0 Å². The van der Waals surface area contributed by atoms with E-state index in [4.69, 9.17) is 0 Å². The van der Waals surface area contributed by atoms with Gasteiger partial charge < -0.3 is 0 Å². The smallest absolute Gasteiger partial charge is 0.0198 e. The molecule has 0 aromatic rings. The molecule has 0 aliphatic heterocycles. The van der Waals surface area contributed by atoms with Crippen molar-refractivity contribution in [2.75, 3.05) is 19.8 Å². The summed E-state index contributed by atoms with van der Waals surface area (Å²) in [4.78, 5) is 0. The lowest BCUT2D eigenvalue weighted by Crippen LogP contribution is -2.35. The van der Waals surface area contributed by atoms with Crippen LogP contribution in [0, 0.1) is 5.41 Å². The molecule has 0 rings (SSSR count). The SMILES string of the molecule is CCC(C)(CN(C)I)CC(C)(CC)SC. The minimum atomic E-state index is 0.442. The number of rotatable bonds is 7. The van der Waals surface area contributed by atoms with Crippen LogP contribution in [0.3, 0.4) is 0 Å². The highest BCUT2D eigenvalue weighted by atomic mass is 127. The largest absolute Gasteiger partial charge is 0.250 e. The van der Waals surface area contributed by atoms with Crippen molar-refractivity contribution in [2.45, 2.75) is 51.7 Å². The number of halogens is 1. The van der Waals surface area contributed by atoms with Crippen molar-refractivity contribution in [3.63, 3.8) is 0 Å². The molecule has 0 N–H and O–H groups in total. The molecular weight excluding hydrogens is 317 g/mol. The molecule has 15 heavy (non-hydrogen) atoms. The van der Waals surface area contributed by atoms with Crippen molar-refractivity contribution in [1.82, 2.24) is 3.11 Å². The molecule has 0 aliphatic rings. The molecule has 0 aromatic carbocycles. The average Bonchev–Trinajstić information content (AvgIpc) is 2.16. The molecule has 0 amide bonds. The Morgan fingerprint density at radius 3 is 2.00 bits per heavy atom. The van der Waals surface area contributed by atoms with Gasteiger partial charge in [0.1, 0.15) is 0 Å². The van der Waals surface area contributed by atoms with E-state index in [1.807, 2.05) is 11.8 Å². The number of hydrogen-bond donors (Lipinski definition) is 0. The summed E-state index contributed by atoms with van der Waals surface area (Å²) in [7, 11) is 2.16. The summed E-state index contributed by atoms with van der Waals surface area (Å²) in [6.07, 6.45) is 6.07. The van der Waals surface area contributed by atoms with Gasteiger partial charge in [0, 0.05) is 34.2 Å².